The number of carbonyl (C=O) groups is 2. The minimum absolute atomic E-state index is 0.0238. The molecule has 152 valence electrons. The van der Waals surface area contributed by atoms with Crippen LogP contribution in [0.4, 0.5) is 18.9 Å². The Morgan fingerprint density at radius 3 is 2.39 bits per heavy atom. The Hall–Kier alpha value is -1.57. The molecule has 1 N–H and O–H groups in total. The first-order valence-electron chi connectivity index (χ1n) is 9.41. The maximum absolute atomic E-state index is 13.0. The summed E-state index contributed by atoms with van der Waals surface area (Å²) >= 11 is 3.82. The predicted molar refractivity (Wildman–Crippen MR) is 99.8 cm³/mol. The molecule has 2 unspecified atom stereocenters. The molecule has 2 atom stereocenters. The van der Waals surface area contributed by atoms with Crippen molar-refractivity contribution in [1.29, 1.82) is 0 Å². The first kappa shape index (κ1) is 19.7. The van der Waals surface area contributed by atoms with Crippen LogP contribution in [0, 0.1) is 17.3 Å². The van der Waals surface area contributed by atoms with E-state index in [-0.39, 0.29) is 10.0 Å². The summed E-state index contributed by atoms with van der Waals surface area (Å²) in [6.45, 7) is -0.586. The SMILES string of the molecule is O=C(COC(=O)C12CC3CC(CC(Br)(C3)C1)C2)Nc1ccccc1C(F)(F)F. The molecule has 1 aromatic carbocycles. The number of carbonyl (C=O) groups excluding carboxylic acids is 2. The Labute approximate surface area is 169 Å². The van der Waals surface area contributed by atoms with Gasteiger partial charge in [-0.1, -0.05) is 28.1 Å². The second kappa shape index (κ2) is 6.75. The molecule has 4 bridgehead atoms. The molecule has 0 spiro atoms. The number of halogens is 4. The van der Waals surface area contributed by atoms with Gasteiger partial charge in [0, 0.05) is 4.32 Å². The fourth-order valence-corrected chi connectivity index (χ4v) is 7.15. The van der Waals surface area contributed by atoms with Crippen LogP contribution in [0.25, 0.3) is 0 Å². The van der Waals surface area contributed by atoms with Gasteiger partial charge in [0.2, 0.25) is 0 Å². The van der Waals surface area contributed by atoms with Gasteiger partial charge in [0.05, 0.1) is 16.7 Å². The zero-order valence-corrected chi connectivity index (χ0v) is 16.7. The second-order valence-electron chi connectivity index (χ2n) is 8.56. The topological polar surface area (TPSA) is 55.4 Å². The van der Waals surface area contributed by atoms with E-state index in [9.17, 15) is 22.8 Å². The van der Waals surface area contributed by atoms with E-state index in [4.69, 9.17) is 4.74 Å². The molecule has 28 heavy (non-hydrogen) atoms. The summed E-state index contributed by atoms with van der Waals surface area (Å²) < 4.78 is 44.3. The van der Waals surface area contributed by atoms with Gasteiger partial charge in [-0.3, -0.25) is 9.59 Å². The van der Waals surface area contributed by atoms with Crippen LogP contribution in [0.1, 0.15) is 44.1 Å². The first-order valence-corrected chi connectivity index (χ1v) is 10.2. The molecule has 4 nitrogen and oxygen atoms in total. The van der Waals surface area contributed by atoms with Gasteiger partial charge in [0.25, 0.3) is 5.91 Å². The van der Waals surface area contributed by atoms with Crippen molar-refractivity contribution in [3.05, 3.63) is 29.8 Å². The molecule has 4 saturated carbocycles. The van der Waals surface area contributed by atoms with E-state index in [2.05, 4.69) is 21.2 Å². The molecule has 8 heteroatoms. The van der Waals surface area contributed by atoms with Crippen LogP contribution in [-0.2, 0) is 20.5 Å². The fraction of sp³-hybridized carbons (Fsp3) is 0.600. The summed E-state index contributed by atoms with van der Waals surface area (Å²) in [5.74, 6) is -0.200. The van der Waals surface area contributed by atoms with E-state index >= 15 is 0 Å². The highest BCUT2D eigenvalue weighted by Gasteiger charge is 2.60. The summed E-state index contributed by atoms with van der Waals surface area (Å²) in [6.07, 6.45) is 0.925. The highest BCUT2D eigenvalue weighted by atomic mass is 79.9. The van der Waals surface area contributed by atoms with Gasteiger partial charge in [-0.05, 0) is 62.5 Å². The van der Waals surface area contributed by atoms with Gasteiger partial charge >= 0.3 is 12.1 Å². The minimum Gasteiger partial charge on any atom is -0.455 e. The van der Waals surface area contributed by atoms with E-state index in [0.717, 1.165) is 38.2 Å². The van der Waals surface area contributed by atoms with Crippen LogP contribution in [0.3, 0.4) is 0 Å². The van der Waals surface area contributed by atoms with E-state index in [1.54, 1.807) is 0 Å². The van der Waals surface area contributed by atoms with Crippen molar-refractivity contribution in [1.82, 2.24) is 0 Å². The Kier molecular flexibility index (Phi) is 4.75. The van der Waals surface area contributed by atoms with Crippen LogP contribution in [0.15, 0.2) is 24.3 Å². The van der Waals surface area contributed by atoms with Crippen LogP contribution in [0.2, 0.25) is 0 Å². The number of hydrogen-bond acceptors (Lipinski definition) is 3. The monoisotopic (exact) mass is 459 g/mol. The first-order chi connectivity index (χ1) is 13.1. The van der Waals surface area contributed by atoms with Crippen molar-refractivity contribution in [3.8, 4) is 0 Å². The highest BCUT2D eigenvalue weighted by Crippen LogP contribution is 2.64. The van der Waals surface area contributed by atoms with E-state index in [0.29, 0.717) is 18.3 Å². The van der Waals surface area contributed by atoms with Crippen molar-refractivity contribution in [2.24, 2.45) is 17.3 Å². The van der Waals surface area contributed by atoms with Gasteiger partial charge in [0.15, 0.2) is 6.61 Å². The van der Waals surface area contributed by atoms with E-state index in [1.165, 1.54) is 18.2 Å². The molecular formula is C20H21BrF3NO3. The summed E-state index contributed by atoms with van der Waals surface area (Å²) in [5, 5.41) is 2.21. The average molecular weight is 460 g/mol. The molecule has 4 fully saturated rings. The van der Waals surface area contributed by atoms with Crippen molar-refractivity contribution in [3.63, 3.8) is 0 Å². The third-order valence-electron chi connectivity index (χ3n) is 6.26. The largest absolute Gasteiger partial charge is 0.455 e. The van der Waals surface area contributed by atoms with Gasteiger partial charge in [-0.25, -0.2) is 0 Å². The molecule has 0 heterocycles. The van der Waals surface area contributed by atoms with Crippen LogP contribution in [0.5, 0.6) is 0 Å². The normalized spacial score (nSPS) is 33.6. The standard InChI is InChI=1S/C20H21BrF3NO3/c21-19-8-12-5-13(9-19)7-18(6-12,11-19)17(27)28-10-16(26)25-15-4-2-1-3-14(15)20(22,23)24/h1-4,12-13H,5-11H2,(H,25,26). The Bertz CT molecular complexity index is 796. The van der Waals surface area contributed by atoms with E-state index < -0.39 is 35.6 Å². The zero-order valence-electron chi connectivity index (χ0n) is 15.2. The third kappa shape index (κ3) is 3.67. The molecule has 1 amide bonds. The van der Waals surface area contributed by atoms with Gasteiger partial charge < -0.3 is 10.1 Å². The number of rotatable bonds is 4. The van der Waals surface area contributed by atoms with E-state index in [1.807, 2.05) is 0 Å². The van der Waals surface area contributed by atoms with Gasteiger partial charge in [0.1, 0.15) is 0 Å². The Balaban J connectivity index is 1.39. The van der Waals surface area contributed by atoms with Crippen molar-refractivity contribution < 1.29 is 27.5 Å². The maximum atomic E-state index is 13.0. The van der Waals surface area contributed by atoms with Crippen molar-refractivity contribution in [2.45, 2.75) is 49.0 Å². The number of hydrogen-bond donors (Lipinski definition) is 1. The summed E-state index contributed by atoms with van der Waals surface area (Å²) in [4.78, 5) is 24.9. The highest BCUT2D eigenvalue weighted by molar-refractivity contribution is 9.10. The lowest BCUT2D eigenvalue weighted by atomic mass is 9.49. The second-order valence-corrected chi connectivity index (χ2v) is 10.2. The minimum atomic E-state index is -4.58. The number of para-hydroxylation sites is 1. The molecule has 4 aliphatic rings. The lowest BCUT2D eigenvalue weighted by molar-refractivity contribution is -0.170. The molecule has 4 aliphatic carbocycles. The number of amides is 1. The average Bonchev–Trinajstić information content (AvgIpc) is 2.57. The van der Waals surface area contributed by atoms with Gasteiger partial charge in [-0.2, -0.15) is 13.2 Å². The number of nitrogens with one attached hydrogen (secondary N) is 1. The molecule has 5 rings (SSSR count). The number of benzene rings is 1. The third-order valence-corrected chi connectivity index (χ3v) is 7.19. The summed E-state index contributed by atoms with van der Waals surface area (Å²) in [7, 11) is 0. The van der Waals surface area contributed by atoms with Crippen LogP contribution >= 0.6 is 15.9 Å². The number of alkyl halides is 4. The van der Waals surface area contributed by atoms with Crippen LogP contribution < -0.4 is 5.32 Å². The number of ether oxygens (including phenoxy) is 1. The van der Waals surface area contributed by atoms with Crippen molar-refractivity contribution >= 4 is 33.5 Å². The molecular weight excluding hydrogens is 439 g/mol. The predicted octanol–water partition coefficient (Wildman–Crippen LogP) is 4.92. The molecule has 0 aliphatic heterocycles. The number of anilines is 1. The molecule has 0 saturated heterocycles. The summed E-state index contributed by atoms with van der Waals surface area (Å²) in [5.41, 5.74) is -1.85. The quantitative estimate of drug-likeness (QED) is 0.513. The number of esters is 1. The lowest BCUT2D eigenvalue weighted by Gasteiger charge is -2.58. The summed E-state index contributed by atoms with van der Waals surface area (Å²) in [6, 6.07) is 4.73. The maximum Gasteiger partial charge on any atom is 0.418 e. The smallest absolute Gasteiger partial charge is 0.418 e. The lowest BCUT2D eigenvalue weighted by Crippen LogP contribution is -2.56. The molecule has 1 aromatic rings. The Morgan fingerprint density at radius 1 is 1.14 bits per heavy atom. The molecule has 0 radical (unpaired) electrons. The van der Waals surface area contributed by atoms with Crippen molar-refractivity contribution in [2.75, 3.05) is 11.9 Å². The van der Waals surface area contributed by atoms with Gasteiger partial charge in [-0.15, -0.1) is 0 Å². The Morgan fingerprint density at radius 2 is 1.79 bits per heavy atom. The fourth-order valence-electron chi connectivity index (χ4n) is 5.70. The van der Waals surface area contributed by atoms with Crippen LogP contribution in [-0.4, -0.2) is 22.8 Å². The zero-order chi connectivity index (χ0) is 20.2. The molecule has 0 aromatic heterocycles.